The molecule has 0 unspecified atom stereocenters. The lowest BCUT2D eigenvalue weighted by molar-refractivity contribution is -0.150. The van der Waals surface area contributed by atoms with Gasteiger partial charge in [0.1, 0.15) is 5.82 Å². The number of carbonyl (C=O) groups excluding carboxylic acids is 3. The van der Waals surface area contributed by atoms with Crippen LogP contribution in [0.1, 0.15) is 117 Å². The predicted molar refractivity (Wildman–Crippen MR) is 231 cm³/mol. The molecular weight excluding hydrogens is 743 g/mol. The number of pyridine rings is 1. The molecule has 1 saturated heterocycles. The summed E-state index contributed by atoms with van der Waals surface area (Å²) in [5, 5.41) is 13.5. The highest BCUT2D eigenvalue weighted by Crippen LogP contribution is 2.60. The summed E-state index contributed by atoms with van der Waals surface area (Å²) in [5.41, 5.74) is 6.84. The third-order valence-electron chi connectivity index (χ3n) is 13.5. The fourth-order valence-electron chi connectivity index (χ4n) is 10.4. The number of anilines is 1. The Morgan fingerprint density at radius 3 is 2.69 bits per heavy atom. The molecule has 2 heterocycles. The van der Waals surface area contributed by atoms with Crippen molar-refractivity contribution in [3.8, 4) is 0 Å². The van der Waals surface area contributed by atoms with Crippen LogP contribution in [-0.2, 0) is 20.7 Å². The van der Waals surface area contributed by atoms with Gasteiger partial charge in [-0.25, -0.2) is 9.78 Å². The molecule has 1 aromatic heterocycles. The molecule has 1 saturated carbocycles. The van der Waals surface area contributed by atoms with Gasteiger partial charge in [-0.05, 0) is 99.7 Å². The highest BCUT2D eigenvalue weighted by molar-refractivity contribution is 6.33. The molecule has 6 atom stereocenters. The second-order valence-corrected chi connectivity index (χ2v) is 17.5. The molecule has 1 aromatic carbocycles. The number of fused-ring (bicyclic) bond motifs is 3. The maximum atomic E-state index is 15.0. The average molecular weight is 806 g/mol. The number of esters is 1. The minimum Gasteiger partial charge on any atom is -0.463 e. The van der Waals surface area contributed by atoms with Crippen molar-refractivity contribution in [3.63, 3.8) is 0 Å². The summed E-state index contributed by atoms with van der Waals surface area (Å²) < 4.78 is 12.7. The smallest absolute Gasteiger partial charge is 0.350 e. The van der Waals surface area contributed by atoms with Gasteiger partial charge in [0.25, 0.3) is 5.60 Å². The van der Waals surface area contributed by atoms with Crippen LogP contribution in [0, 0.1) is 23.2 Å². The van der Waals surface area contributed by atoms with Gasteiger partial charge in [-0.1, -0.05) is 81.7 Å². The van der Waals surface area contributed by atoms with Crippen molar-refractivity contribution in [2.24, 2.45) is 33.9 Å². The fourth-order valence-corrected chi connectivity index (χ4v) is 10.4. The van der Waals surface area contributed by atoms with E-state index in [0.717, 1.165) is 74.0 Å². The number of nitrogens with one attached hydrogen (secondary N) is 4. The zero-order valence-corrected chi connectivity index (χ0v) is 35.7. The lowest BCUT2D eigenvalue weighted by Gasteiger charge is -2.40. The van der Waals surface area contributed by atoms with E-state index in [2.05, 4.69) is 77.2 Å². The van der Waals surface area contributed by atoms with Gasteiger partial charge in [-0.15, -0.1) is 0 Å². The number of epoxide rings is 1. The topological polar surface area (TPSA) is 172 Å². The molecule has 2 aromatic rings. The van der Waals surface area contributed by atoms with E-state index in [1.807, 2.05) is 37.4 Å². The van der Waals surface area contributed by atoms with Crippen molar-refractivity contribution in [1.82, 2.24) is 20.9 Å². The standard InChI is InChI=1S/C47H63N7O5/c1-7-51-37-25-32-14-9-8-13-31(32)24-35(37)27-58-43(57)47-42(56)39-33(23-29(2)3)15-12-16-36(39)41(55)46(47,59-47)21-17-30(4)45(19-10-11-20-45)40(54-44(48)50-6)34-18-22-52-38(26-34)53-28-49-5/h9,12,14-18,22,25-26,29,31,35,37,40,49,51H,7-8,10-11,13,19-21,23-24,27-28H2,1-6H3,(H,52,53)(H3,48,50,54)/b30-17+/t31-,35+,37+,40-,46-,47-/m0/s1. The third-order valence-corrected chi connectivity index (χ3v) is 13.5. The molecule has 0 bridgehead atoms. The molecule has 316 valence electrons. The summed E-state index contributed by atoms with van der Waals surface area (Å²) in [5.74, 6) is 0.0490. The number of ketones is 2. The van der Waals surface area contributed by atoms with Crippen LogP contribution in [0.25, 0.3) is 0 Å². The highest BCUT2D eigenvalue weighted by atomic mass is 16.7. The van der Waals surface area contributed by atoms with Gasteiger partial charge in [0.05, 0.1) is 19.3 Å². The van der Waals surface area contributed by atoms with E-state index in [1.54, 1.807) is 19.3 Å². The normalized spacial score (nSPS) is 27.7. The summed E-state index contributed by atoms with van der Waals surface area (Å²) >= 11 is 0. The predicted octanol–water partition coefficient (Wildman–Crippen LogP) is 6.36. The number of carbonyl (C=O) groups is 3. The molecule has 1 aliphatic heterocycles. The summed E-state index contributed by atoms with van der Waals surface area (Å²) in [6.45, 7) is 9.73. The number of benzene rings is 1. The highest BCUT2D eigenvalue weighted by Gasteiger charge is 2.85. The molecule has 0 radical (unpaired) electrons. The van der Waals surface area contributed by atoms with Crippen LogP contribution in [0.4, 0.5) is 5.82 Å². The summed E-state index contributed by atoms with van der Waals surface area (Å²) in [4.78, 5) is 53.5. The first-order valence-electron chi connectivity index (χ1n) is 21.7. The first-order chi connectivity index (χ1) is 28.4. The van der Waals surface area contributed by atoms with E-state index in [9.17, 15) is 9.59 Å². The molecule has 12 heteroatoms. The number of ether oxygens (including phenoxy) is 2. The molecule has 12 nitrogen and oxygen atoms in total. The van der Waals surface area contributed by atoms with Gasteiger partial charge in [0.2, 0.25) is 5.78 Å². The SMILES string of the molecule is CCN[C@@H]1C=C2C=CCC[C@H]2C[C@@H]1COC(=O)[C@]12O[C@@]1(C/C=C(\C)C1([C@@H](NC(N)=NC)c3ccnc(NCNC)c3)CCCC1)C(=O)c1cccc(CC(C)C)c1C2=O. The van der Waals surface area contributed by atoms with Crippen LogP contribution in [0.2, 0.25) is 0 Å². The first-order valence-corrected chi connectivity index (χ1v) is 21.7. The summed E-state index contributed by atoms with van der Waals surface area (Å²) in [7, 11) is 3.52. The van der Waals surface area contributed by atoms with Crippen LogP contribution in [0.3, 0.4) is 0 Å². The van der Waals surface area contributed by atoms with Crippen molar-refractivity contribution < 1.29 is 23.9 Å². The number of aliphatic imine (C=N–C) groups is 1. The Bertz CT molecular complexity index is 2050. The average Bonchev–Trinajstić information content (AvgIpc) is 3.71. The molecular formula is C47H63N7O5. The summed E-state index contributed by atoms with van der Waals surface area (Å²) in [6.07, 6.45) is 17.8. The van der Waals surface area contributed by atoms with Crippen molar-refractivity contribution in [2.45, 2.75) is 109 Å². The number of hydrogen-bond donors (Lipinski definition) is 5. The zero-order chi connectivity index (χ0) is 42.0. The lowest BCUT2D eigenvalue weighted by Crippen LogP contribution is -2.51. The number of rotatable bonds is 16. The van der Waals surface area contributed by atoms with Crippen LogP contribution in [-0.4, -0.2) is 79.6 Å². The minimum absolute atomic E-state index is 0.0110. The number of nitrogens with zero attached hydrogens (tertiary/aromatic N) is 2. The monoisotopic (exact) mass is 805 g/mol. The van der Waals surface area contributed by atoms with Gasteiger partial charge in [-0.2, -0.15) is 0 Å². The Kier molecular flexibility index (Phi) is 12.6. The van der Waals surface area contributed by atoms with Crippen LogP contribution in [0.5, 0.6) is 0 Å². The van der Waals surface area contributed by atoms with E-state index in [-0.39, 0.29) is 48.3 Å². The van der Waals surface area contributed by atoms with E-state index in [1.165, 1.54) is 5.57 Å². The van der Waals surface area contributed by atoms with Crippen molar-refractivity contribution >= 4 is 29.3 Å². The Morgan fingerprint density at radius 2 is 1.97 bits per heavy atom. The van der Waals surface area contributed by atoms with Gasteiger partial charge in [0, 0.05) is 48.2 Å². The van der Waals surface area contributed by atoms with E-state index in [4.69, 9.17) is 15.2 Å². The van der Waals surface area contributed by atoms with E-state index < -0.39 is 28.4 Å². The van der Waals surface area contributed by atoms with Crippen LogP contribution >= 0.6 is 0 Å². The largest absolute Gasteiger partial charge is 0.463 e. The quantitative estimate of drug-likeness (QED) is 0.0243. The lowest BCUT2D eigenvalue weighted by atomic mass is 9.68. The molecule has 7 rings (SSSR count). The van der Waals surface area contributed by atoms with Crippen LogP contribution in [0.15, 0.2) is 77.0 Å². The Hall–Kier alpha value is -4.65. The van der Waals surface area contributed by atoms with Gasteiger partial charge in [-0.3, -0.25) is 14.6 Å². The zero-order valence-electron chi connectivity index (χ0n) is 35.7. The Labute approximate surface area is 349 Å². The number of guanidine groups is 1. The van der Waals surface area contributed by atoms with Crippen molar-refractivity contribution in [3.05, 3.63) is 94.2 Å². The maximum Gasteiger partial charge on any atom is 0.350 e. The Balaban J connectivity index is 1.25. The second kappa shape index (κ2) is 17.5. The third kappa shape index (κ3) is 7.79. The first kappa shape index (κ1) is 42.5. The van der Waals surface area contributed by atoms with Gasteiger partial charge >= 0.3 is 5.97 Å². The molecule has 5 aliphatic rings. The number of Topliss-reactive ketones (excluding diaryl/α,β-unsaturated/α-hetero) is 2. The number of aromatic nitrogens is 1. The van der Waals surface area contributed by atoms with Gasteiger partial charge < -0.3 is 36.5 Å². The van der Waals surface area contributed by atoms with Crippen LogP contribution < -0.4 is 27.0 Å². The van der Waals surface area contributed by atoms with Gasteiger partial charge in [0.15, 0.2) is 17.3 Å². The van der Waals surface area contributed by atoms with E-state index >= 15 is 4.79 Å². The number of allylic oxidation sites excluding steroid dienone is 3. The number of nitrogens with two attached hydrogens (primary N) is 1. The Morgan fingerprint density at radius 1 is 1.17 bits per heavy atom. The molecule has 59 heavy (non-hydrogen) atoms. The maximum absolute atomic E-state index is 15.0. The molecule has 0 amide bonds. The molecule has 6 N–H and O–H groups in total. The number of hydrogen-bond acceptors (Lipinski definition) is 10. The second-order valence-electron chi connectivity index (χ2n) is 17.5. The summed E-state index contributed by atoms with van der Waals surface area (Å²) in [6, 6.07) is 9.17. The van der Waals surface area contributed by atoms with Crippen molar-refractivity contribution in [1.29, 1.82) is 0 Å². The number of likely N-dealkylation sites (N-methyl/N-ethyl adjacent to an activating group) is 1. The van der Waals surface area contributed by atoms with E-state index in [0.29, 0.717) is 30.5 Å². The molecule has 2 fully saturated rings. The molecule has 4 aliphatic carbocycles. The fraction of sp³-hybridized carbons (Fsp3) is 0.553. The van der Waals surface area contributed by atoms with Crippen molar-refractivity contribution in [2.75, 3.05) is 39.2 Å². The molecule has 0 spiro atoms. The minimum atomic E-state index is -2.07.